The van der Waals surface area contributed by atoms with Gasteiger partial charge in [-0.2, -0.15) is 13.2 Å². The molecule has 0 aromatic heterocycles. The quantitative estimate of drug-likeness (QED) is 0.614. The van der Waals surface area contributed by atoms with Crippen molar-refractivity contribution in [3.63, 3.8) is 0 Å². The van der Waals surface area contributed by atoms with Crippen LogP contribution in [0.15, 0.2) is 18.2 Å². The molecule has 1 aromatic carbocycles. The third-order valence-corrected chi connectivity index (χ3v) is 2.31. The fourth-order valence-electron chi connectivity index (χ4n) is 1.44. The lowest BCUT2D eigenvalue weighted by Gasteiger charge is -2.11. The van der Waals surface area contributed by atoms with Crippen molar-refractivity contribution < 1.29 is 22.8 Å². The molecule has 1 rings (SSSR count). The number of ether oxygens (including phenoxy) is 1. The SMILES string of the molecule is CCCOc1cc(NCCC(F)(F)F)cc([N+](=O)[O-])c1. The zero-order valence-electron chi connectivity index (χ0n) is 10.9. The van der Waals surface area contributed by atoms with Crippen molar-refractivity contribution in [2.45, 2.75) is 25.9 Å². The monoisotopic (exact) mass is 292 g/mol. The van der Waals surface area contributed by atoms with Gasteiger partial charge in [0.15, 0.2) is 0 Å². The second-order valence-electron chi connectivity index (χ2n) is 4.11. The first kappa shape index (κ1) is 16.1. The molecule has 1 N–H and O–H groups in total. The van der Waals surface area contributed by atoms with Gasteiger partial charge >= 0.3 is 6.18 Å². The Kier molecular flexibility index (Phi) is 5.60. The number of benzene rings is 1. The molecule has 0 aliphatic rings. The molecule has 0 bridgehead atoms. The molecule has 0 aliphatic heterocycles. The van der Waals surface area contributed by atoms with Crippen LogP contribution >= 0.6 is 0 Å². The summed E-state index contributed by atoms with van der Waals surface area (Å²) in [6, 6.07) is 3.86. The van der Waals surface area contributed by atoms with Gasteiger partial charge in [-0.3, -0.25) is 10.1 Å². The number of nitro groups is 1. The van der Waals surface area contributed by atoms with E-state index in [1.807, 2.05) is 6.92 Å². The highest BCUT2D eigenvalue weighted by atomic mass is 19.4. The summed E-state index contributed by atoms with van der Waals surface area (Å²) in [5.74, 6) is 0.260. The number of nitrogens with one attached hydrogen (secondary N) is 1. The molecule has 112 valence electrons. The first-order valence-corrected chi connectivity index (χ1v) is 6.04. The van der Waals surface area contributed by atoms with Crippen LogP contribution in [0, 0.1) is 10.1 Å². The van der Waals surface area contributed by atoms with Gasteiger partial charge in [-0.05, 0) is 6.42 Å². The van der Waals surface area contributed by atoms with E-state index in [1.54, 1.807) is 0 Å². The fourth-order valence-corrected chi connectivity index (χ4v) is 1.44. The highest BCUT2D eigenvalue weighted by molar-refractivity contribution is 5.56. The van der Waals surface area contributed by atoms with Crippen LogP contribution in [-0.2, 0) is 0 Å². The molecule has 0 unspecified atom stereocenters. The first-order chi connectivity index (χ1) is 9.31. The van der Waals surface area contributed by atoms with Crippen LogP contribution in [0.4, 0.5) is 24.5 Å². The maximum Gasteiger partial charge on any atom is 0.390 e. The molecule has 0 saturated heterocycles. The number of nitrogens with zero attached hydrogens (tertiary/aromatic N) is 1. The number of hydrogen-bond donors (Lipinski definition) is 1. The zero-order chi connectivity index (χ0) is 15.2. The number of non-ortho nitro benzene ring substituents is 1. The van der Waals surface area contributed by atoms with E-state index in [0.717, 1.165) is 6.42 Å². The van der Waals surface area contributed by atoms with Crippen LogP contribution in [-0.4, -0.2) is 24.3 Å². The summed E-state index contributed by atoms with van der Waals surface area (Å²) in [4.78, 5) is 10.1. The van der Waals surface area contributed by atoms with Crippen LogP contribution in [0.3, 0.4) is 0 Å². The van der Waals surface area contributed by atoms with Crippen molar-refractivity contribution in [3.8, 4) is 5.75 Å². The van der Waals surface area contributed by atoms with Gasteiger partial charge in [0.2, 0.25) is 0 Å². The molecule has 0 saturated carbocycles. The Labute approximate surface area is 113 Å². The van der Waals surface area contributed by atoms with Gasteiger partial charge in [-0.15, -0.1) is 0 Å². The average Bonchev–Trinajstić information content (AvgIpc) is 2.34. The van der Waals surface area contributed by atoms with E-state index in [-0.39, 0.29) is 23.7 Å². The van der Waals surface area contributed by atoms with Crippen molar-refractivity contribution in [2.24, 2.45) is 0 Å². The molecular weight excluding hydrogens is 277 g/mol. The van der Waals surface area contributed by atoms with Crippen LogP contribution in [0.25, 0.3) is 0 Å². The summed E-state index contributed by atoms with van der Waals surface area (Å²) in [6.45, 7) is 1.90. The molecular formula is C12H15F3N2O3. The predicted molar refractivity (Wildman–Crippen MR) is 68.0 cm³/mol. The minimum Gasteiger partial charge on any atom is -0.493 e. The summed E-state index contributed by atoms with van der Waals surface area (Å²) in [6.07, 6.45) is -4.56. The molecule has 0 spiro atoms. The maximum absolute atomic E-state index is 12.0. The maximum atomic E-state index is 12.0. The van der Waals surface area contributed by atoms with Gasteiger partial charge in [0.1, 0.15) is 5.75 Å². The third-order valence-electron chi connectivity index (χ3n) is 2.31. The summed E-state index contributed by atoms with van der Waals surface area (Å²) < 4.78 is 41.4. The van der Waals surface area contributed by atoms with Gasteiger partial charge in [-0.1, -0.05) is 6.92 Å². The van der Waals surface area contributed by atoms with Crippen molar-refractivity contribution in [3.05, 3.63) is 28.3 Å². The summed E-state index contributed by atoms with van der Waals surface area (Å²) in [5, 5.41) is 13.3. The number of nitro benzene ring substituents is 1. The van der Waals surface area contributed by atoms with E-state index in [4.69, 9.17) is 4.74 Å². The lowest BCUT2D eigenvalue weighted by molar-refractivity contribution is -0.384. The molecule has 5 nitrogen and oxygen atoms in total. The summed E-state index contributed by atoms with van der Waals surface area (Å²) >= 11 is 0. The van der Waals surface area contributed by atoms with Crippen molar-refractivity contribution >= 4 is 11.4 Å². The Bertz CT molecular complexity index is 464. The lowest BCUT2D eigenvalue weighted by atomic mass is 10.2. The predicted octanol–water partition coefficient (Wildman–Crippen LogP) is 3.75. The van der Waals surface area contributed by atoms with Crippen LogP contribution < -0.4 is 10.1 Å². The average molecular weight is 292 g/mol. The number of alkyl halides is 3. The molecule has 0 fully saturated rings. The van der Waals surface area contributed by atoms with E-state index in [9.17, 15) is 23.3 Å². The standard InChI is InChI=1S/C12H15F3N2O3/c1-2-5-20-11-7-9(6-10(8-11)17(18)19)16-4-3-12(13,14)15/h6-8,16H,2-5H2,1H3. The van der Waals surface area contributed by atoms with Crippen LogP contribution in [0.2, 0.25) is 0 Å². The molecule has 0 atom stereocenters. The van der Waals surface area contributed by atoms with Gasteiger partial charge in [-0.25, -0.2) is 0 Å². The third kappa shape index (κ3) is 5.77. The van der Waals surface area contributed by atoms with Gasteiger partial charge < -0.3 is 10.1 Å². The van der Waals surface area contributed by atoms with E-state index >= 15 is 0 Å². The molecule has 1 aromatic rings. The highest BCUT2D eigenvalue weighted by Gasteiger charge is 2.26. The second-order valence-corrected chi connectivity index (χ2v) is 4.11. The summed E-state index contributed by atoms with van der Waals surface area (Å²) in [7, 11) is 0. The lowest BCUT2D eigenvalue weighted by Crippen LogP contribution is -2.14. The number of hydrogen-bond acceptors (Lipinski definition) is 4. The molecule has 0 heterocycles. The van der Waals surface area contributed by atoms with Gasteiger partial charge in [0.05, 0.1) is 24.0 Å². The van der Waals surface area contributed by atoms with Crippen molar-refractivity contribution in [1.29, 1.82) is 0 Å². The molecule has 0 amide bonds. The molecule has 20 heavy (non-hydrogen) atoms. The molecule has 0 aliphatic carbocycles. The Morgan fingerprint density at radius 2 is 2.05 bits per heavy atom. The van der Waals surface area contributed by atoms with Crippen molar-refractivity contribution in [2.75, 3.05) is 18.5 Å². The minimum atomic E-state index is -4.27. The molecule has 8 heteroatoms. The first-order valence-electron chi connectivity index (χ1n) is 6.04. The highest BCUT2D eigenvalue weighted by Crippen LogP contribution is 2.27. The topological polar surface area (TPSA) is 64.4 Å². The molecule has 0 radical (unpaired) electrons. The Morgan fingerprint density at radius 3 is 2.60 bits per heavy atom. The van der Waals surface area contributed by atoms with E-state index in [1.165, 1.54) is 18.2 Å². The number of halogens is 3. The van der Waals surface area contributed by atoms with Gasteiger partial charge in [0, 0.05) is 24.4 Å². The number of anilines is 1. The van der Waals surface area contributed by atoms with E-state index in [0.29, 0.717) is 6.61 Å². The van der Waals surface area contributed by atoms with Gasteiger partial charge in [0.25, 0.3) is 5.69 Å². The Morgan fingerprint density at radius 1 is 1.35 bits per heavy atom. The van der Waals surface area contributed by atoms with Crippen LogP contribution in [0.1, 0.15) is 19.8 Å². The smallest absolute Gasteiger partial charge is 0.390 e. The fraction of sp³-hybridized carbons (Fsp3) is 0.500. The normalized spacial score (nSPS) is 11.2. The summed E-state index contributed by atoms with van der Waals surface area (Å²) in [5.41, 5.74) is 0.00247. The van der Waals surface area contributed by atoms with Crippen LogP contribution in [0.5, 0.6) is 5.75 Å². The zero-order valence-corrected chi connectivity index (χ0v) is 10.9. The van der Waals surface area contributed by atoms with Crippen molar-refractivity contribution in [1.82, 2.24) is 0 Å². The Balaban J connectivity index is 2.77. The second kappa shape index (κ2) is 6.97. The number of rotatable bonds is 7. The van der Waals surface area contributed by atoms with E-state index in [2.05, 4.69) is 5.32 Å². The van der Waals surface area contributed by atoms with E-state index < -0.39 is 17.5 Å². The Hall–Kier alpha value is -1.99. The minimum absolute atomic E-state index is 0.229. The largest absolute Gasteiger partial charge is 0.493 e.